The number of hydrogen-bond donors (Lipinski definition) is 1. The Hall–Kier alpha value is -3.75. The van der Waals surface area contributed by atoms with Crippen molar-refractivity contribution >= 4 is 5.91 Å². The first kappa shape index (κ1) is 21.5. The number of hydrogen-bond acceptors (Lipinski definition) is 6. The molecule has 1 atom stereocenters. The average Bonchev–Trinajstić information content (AvgIpc) is 3.66. The lowest BCUT2D eigenvalue weighted by Crippen LogP contribution is -2.39. The number of carbonyl (C=O) groups is 1. The summed E-state index contributed by atoms with van der Waals surface area (Å²) in [6.07, 6.45) is 2.19. The van der Waals surface area contributed by atoms with Gasteiger partial charge in [-0.25, -0.2) is 9.36 Å². The van der Waals surface area contributed by atoms with Crippen LogP contribution in [0.15, 0.2) is 58.1 Å². The predicted octanol–water partition coefficient (Wildman–Crippen LogP) is 1.73. The summed E-state index contributed by atoms with van der Waals surface area (Å²) in [4.78, 5) is 37.0. The van der Waals surface area contributed by atoms with Gasteiger partial charge in [-0.2, -0.15) is 10.2 Å². The summed E-state index contributed by atoms with van der Waals surface area (Å²) < 4.78 is 7.69. The lowest BCUT2D eigenvalue weighted by atomic mass is 10.1. The average molecular weight is 435 g/mol. The van der Waals surface area contributed by atoms with Crippen LogP contribution in [0.4, 0.5) is 0 Å². The Kier molecular flexibility index (Phi) is 6.16. The molecular formula is C23H25N5O4. The fourth-order valence-electron chi connectivity index (χ4n) is 3.38. The van der Waals surface area contributed by atoms with E-state index in [2.05, 4.69) is 15.5 Å². The van der Waals surface area contributed by atoms with Crippen LogP contribution in [0.25, 0.3) is 11.3 Å². The van der Waals surface area contributed by atoms with Crippen LogP contribution in [-0.2, 0) is 11.3 Å². The van der Waals surface area contributed by atoms with Gasteiger partial charge in [0.25, 0.3) is 11.1 Å². The maximum atomic E-state index is 12.7. The van der Waals surface area contributed by atoms with Crippen molar-refractivity contribution < 1.29 is 9.53 Å². The molecule has 1 N–H and O–H groups in total. The van der Waals surface area contributed by atoms with Crippen LogP contribution in [0.2, 0.25) is 0 Å². The second-order valence-corrected chi connectivity index (χ2v) is 7.79. The minimum atomic E-state index is -0.817. The zero-order chi connectivity index (χ0) is 22.7. The highest BCUT2D eigenvalue weighted by Gasteiger charge is 2.25. The van der Waals surface area contributed by atoms with E-state index in [9.17, 15) is 14.4 Å². The van der Waals surface area contributed by atoms with Gasteiger partial charge in [0.05, 0.1) is 25.0 Å². The maximum absolute atomic E-state index is 12.7. The second-order valence-electron chi connectivity index (χ2n) is 7.79. The Labute approximate surface area is 184 Å². The van der Waals surface area contributed by atoms with Crippen LogP contribution < -0.4 is 21.2 Å². The molecule has 0 saturated heterocycles. The Morgan fingerprint density at radius 3 is 2.47 bits per heavy atom. The summed E-state index contributed by atoms with van der Waals surface area (Å²) in [5, 5.41) is 11.5. The summed E-state index contributed by atoms with van der Waals surface area (Å²) in [7, 11) is 1.59. The first-order chi connectivity index (χ1) is 15.5. The molecule has 0 radical (unpaired) electrons. The van der Waals surface area contributed by atoms with Gasteiger partial charge < -0.3 is 10.1 Å². The molecule has 9 heteroatoms. The third kappa shape index (κ3) is 4.77. The van der Waals surface area contributed by atoms with E-state index in [1.54, 1.807) is 38.3 Å². The van der Waals surface area contributed by atoms with Gasteiger partial charge in [0.1, 0.15) is 11.8 Å². The molecule has 1 aliphatic carbocycles. The van der Waals surface area contributed by atoms with Gasteiger partial charge in [-0.3, -0.25) is 14.4 Å². The standard InChI is InChI=1S/C23H25N5O4/c1-15(23(31)24-13-14-27-21(29)11-9-19(25-27)16-3-4-16)28-22(30)12-10-20(26-28)17-5-7-18(32-2)8-6-17/h5-12,15-16H,3-4,13-14H2,1-2H3,(H,24,31). The van der Waals surface area contributed by atoms with E-state index >= 15 is 0 Å². The van der Waals surface area contributed by atoms with E-state index in [0.717, 1.165) is 28.8 Å². The normalized spacial score (nSPS) is 14.1. The molecule has 0 aliphatic heterocycles. The number of carbonyl (C=O) groups excluding carboxylic acids is 1. The molecule has 1 aromatic carbocycles. The summed E-state index contributed by atoms with van der Waals surface area (Å²) in [6, 6.07) is 12.8. The maximum Gasteiger partial charge on any atom is 0.267 e. The van der Waals surface area contributed by atoms with E-state index in [0.29, 0.717) is 17.4 Å². The Morgan fingerprint density at radius 1 is 1.06 bits per heavy atom. The molecule has 2 heterocycles. The topological polar surface area (TPSA) is 108 Å². The number of methoxy groups -OCH3 is 1. The molecule has 0 bridgehead atoms. The van der Waals surface area contributed by atoms with E-state index in [4.69, 9.17) is 4.74 Å². The summed E-state index contributed by atoms with van der Waals surface area (Å²) in [6.45, 7) is 2.09. The molecule has 1 unspecified atom stereocenters. The summed E-state index contributed by atoms with van der Waals surface area (Å²) in [5.74, 6) is 0.788. The monoisotopic (exact) mass is 435 g/mol. The van der Waals surface area contributed by atoms with Crippen LogP contribution in [-0.4, -0.2) is 39.1 Å². The van der Waals surface area contributed by atoms with Crippen LogP contribution in [0.1, 0.15) is 37.4 Å². The number of ether oxygens (including phenoxy) is 1. The van der Waals surface area contributed by atoms with Gasteiger partial charge in [0, 0.05) is 30.2 Å². The Morgan fingerprint density at radius 2 is 1.78 bits per heavy atom. The third-order valence-corrected chi connectivity index (χ3v) is 5.46. The Bertz CT molecular complexity index is 1230. The highest BCUT2D eigenvalue weighted by molar-refractivity contribution is 5.79. The van der Waals surface area contributed by atoms with E-state index < -0.39 is 6.04 Å². The molecular weight excluding hydrogens is 410 g/mol. The van der Waals surface area contributed by atoms with Gasteiger partial charge >= 0.3 is 0 Å². The predicted molar refractivity (Wildman–Crippen MR) is 119 cm³/mol. The van der Waals surface area contributed by atoms with E-state index in [-0.39, 0.29) is 30.1 Å². The molecule has 1 amide bonds. The van der Waals surface area contributed by atoms with E-state index in [1.165, 1.54) is 16.8 Å². The second kappa shape index (κ2) is 9.17. The smallest absolute Gasteiger partial charge is 0.267 e. The number of amides is 1. The number of nitrogens with zero attached hydrogens (tertiary/aromatic N) is 4. The minimum absolute atomic E-state index is 0.207. The molecule has 1 aliphatic rings. The largest absolute Gasteiger partial charge is 0.497 e. The van der Waals surface area contributed by atoms with Gasteiger partial charge in [0.2, 0.25) is 5.91 Å². The summed E-state index contributed by atoms with van der Waals surface area (Å²) >= 11 is 0. The van der Waals surface area contributed by atoms with Crippen LogP contribution in [0, 0.1) is 0 Å². The molecule has 1 fully saturated rings. The van der Waals surface area contributed by atoms with Crippen molar-refractivity contribution in [2.45, 2.75) is 38.3 Å². The van der Waals surface area contributed by atoms with Crippen LogP contribution in [0.5, 0.6) is 5.75 Å². The molecule has 166 valence electrons. The number of nitrogens with one attached hydrogen (secondary N) is 1. The highest BCUT2D eigenvalue weighted by Crippen LogP contribution is 2.38. The van der Waals surface area contributed by atoms with Crippen LogP contribution >= 0.6 is 0 Å². The fourth-order valence-corrected chi connectivity index (χ4v) is 3.38. The quantitative estimate of drug-likeness (QED) is 0.577. The third-order valence-electron chi connectivity index (χ3n) is 5.46. The first-order valence-electron chi connectivity index (χ1n) is 10.6. The highest BCUT2D eigenvalue weighted by atomic mass is 16.5. The number of benzene rings is 1. The van der Waals surface area contributed by atoms with Gasteiger partial charge in [-0.05, 0) is 56.2 Å². The van der Waals surface area contributed by atoms with Crippen molar-refractivity contribution in [3.63, 3.8) is 0 Å². The lowest BCUT2D eigenvalue weighted by molar-refractivity contribution is -0.124. The molecule has 1 saturated carbocycles. The Balaban J connectivity index is 1.42. The van der Waals surface area contributed by atoms with Crippen molar-refractivity contribution in [2.24, 2.45) is 0 Å². The number of rotatable bonds is 8. The SMILES string of the molecule is COc1ccc(-c2ccc(=O)n(C(C)C(=O)NCCn3nc(C4CC4)ccc3=O)n2)cc1. The minimum Gasteiger partial charge on any atom is -0.497 e. The van der Waals surface area contributed by atoms with Gasteiger partial charge in [-0.1, -0.05) is 0 Å². The zero-order valence-corrected chi connectivity index (χ0v) is 18.0. The van der Waals surface area contributed by atoms with Crippen LogP contribution in [0.3, 0.4) is 0 Å². The van der Waals surface area contributed by atoms with Crippen molar-refractivity contribution in [1.82, 2.24) is 24.9 Å². The molecule has 3 aromatic rings. The zero-order valence-electron chi connectivity index (χ0n) is 18.0. The molecule has 4 rings (SSSR count). The molecule has 0 spiro atoms. The summed E-state index contributed by atoms with van der Waals surface area (Å²) in [5.41, 5.74) is 1.70. The lowest BCUT2D eigenvalue weighted by Gasteiger charge is -2.15. The molecule has 2 aromatic heterocycles. The number of aromatic nitrogens is 4. The van der Waals surface area contributed by atoms with Crippen molar-refractivity contribution in [2.75, 3.05) is 13.7 Å². The van der Waals surface area contributed by atoms with Gasteiger partial charge in [0.15, 0.2) is 0 Å². The van der Waals surface area contributed by atoms with Crippen molar-refractivity contribution in [3.05, 3.63) is 74.9 Å². The van der Waals surface area contributed by atoms with Crippen molar-refractivity contribution in [3.8, 4) is 17.0 Å². The molecule has 9 nitrogen and oxygen atoms in total. The van der Waals surface area contributed by atoms with Crippen molar-refractivity contribution in [1.29, 1.82) is 0 Å². The first-order valence-corrected chi connectivity index (χ1v) is 10.6. The van der Waals surface area contributed by atoms with Gasteiger partial charge in [-0.15, -0.1) is 0 Å². The fraction of sp³-hybridized carbons (Fsp3) is 0.348. The van der Waals surface area contributed by atoms with E-state index in [1.807, 2.05) is 12.1 Å². The molecule has 32 heavy (non-hydrogen) atoms.